The maximum absolute atomic E-state index is 2.35. The zero-order chi connectivity index (χ0) is 13.8. The first-order valence-corrected chi connectivity index (χ1v) is 7.75. The summed E-state index contributed by atoms with van der Waals surface area (Å²) in [6.45, 7) is 3.18. The van der Waals surface area contributed by atoms with Gasteiger partial charge in [0.2, 0.25) is 5.51 Å². The lowest BCUT2D eigenvalue weighted by atomic mass is 10.1. The minimum atomic E-state index is 0.956. The summed E-state index contributed by atoms with van der Waals surface area (Å²) in [7, 11) is 0. The van der Waals surface area contributed by atoms with Gasteiger partial charge >= 0.3 is 0 Å². The first kappa shape index (κ1) is 13.1. The Hall–Kier alpha value is -1.93. The number of rotatable bonds is 4. The fraction of sp³-hybridized carbons (Fsp3) is 0.167. The van der Waals surface area contributed by atoms with Gasteiger partial charge in [-0.3, -0.25) is 0 Å². The van der Waals surface area contributed by atoms with E-state index in [1.165, 1.54) is 21.7 Å². The summed E-state index contributed by atoms with van der Waals surface area (Å²) in [6, 6.07) is 21.3. The van der Waals surface area contributed by atoms with E-state index in [0.29, 0.717) is 0 Å². The van der Waals surface area contributed by atoms with Crippen molar-refractivity contribution in [2.24, 2.45) is 0 Å². The number of hydrogen-bond donors (Lipinski definition) is 0. The second kappa shape index (κ2) is 6.02. The zero-order valence-electron chi connectivity index (χ0n) is 11.6. The molecule has 0 atom stereocenters. The quantitative estimate of drug-likeness (QED) is 0.636. The van der Waals surface area contributed by atoms with E-state index in [4.69, 9.17) is 0 Å². The summed E-state index contributed by atoms with van der Waals surface area (Å²) < 4.78 is 2.35. The van der Waals surface area contributed by atoms with Crippen molar-refractivity contribution in [1.29, 1.82) is 0 Å². The van der Waals surface area contributed by atoms with Crippen LogP contribution in [0.5, 0.6) is 0 Å². The molecule has 2 heteroatoms. The molecule has 0 aliphatic rings. The van der Waals surface area contributed by atoms with Gasteiger partial charge in [-0.15, -0.1) is 0 Å². The Morgan fingerprint density at radius 1 is 0.850 bits per heavy atom. The van der Waals surface area contributed by atoms with Crippen molar-refractivity contribution in [3.63, 3.8) is 0 Å². The molecule has 2 aromatic carbocycles. The average molecular weight is 280 g/mol. The van der Waals surface area contributed by atoms with Crippen LogP contribution in [0.3, 0.4) is 0 Å². The molecule has 100 valence electrons. The van der Waals surface area contributed by atoms with Crippen LogP contribution in [0.1, 0.15) is 21.7 Å². The van der Waals surface area contributed by atoms with Crippen LogP contribution in [0.2, 0.25) is 0 Å². The van der Waals surface area contributed by atoms with Crippen LogP contribution in [-0.4, -0.2) is 0 Å². The van der Waals surface area contributed by atoms with Gasteiger partial charge in [0.25, 0.3) is 0 Å². The number of nitrogens with zero attached hydrogens (tertiary/aromatic N) is 1. The Morgan fingerprint density at radius 3 is 2.10 bits per heavy atom. The highest BCUT2D eigenvalue weighted by Gasteiger charge is 2.15. The number of thiazole rings is 1. The van der Waals surface area contributed by atoms with E-state index >= 15 is 0 Å². The van der Waals surface area contributed by atoms with E-state index in [9.17, 15) is 0 Å². The summed E-state index contributed by atoms with van der Waals surface area (Å²) >= 11 is 1.85. The molecule has 3 aromatic rings. The summed E-state index contributed by atoms with van der Waals surface area (Å²) in [6.07, 6.45) is 1.03. The SMILES string of the molecule is Cc1c(Cc2ccccc2)sc[n+]1Cc1ccccc1. The van der Waals surface area contributed by atoms with Crippen molar-refractivity contribution in [2.75, 3.05) is 0 Å². The van der Waals surface area contributed by atoms with E-state index in [-0.39, 0.29) is 0 Å². The van der Waals surface area contributed by atoms with E-state index < -0.39 is 0 Å². The Kier molecular flexibility index (Phi) is 3.93. The standard InChI is InChI=1S/C18H18NS/c1-15-18(12-16-8-4-2-5-9-16)20-14-19(15)13-17-10-6-3-7-11-17/h2-11,14H,12-13H2,1H3/q+1. The second-order valence-electron chi connectivity index (χ2n) is 5.01. The van der Waals surface area contributed by atoms with Crippen molar-refractivity contribution in [2.45, 2.75) is 19.9 Å². The molecule has 0 saturated heterocycles. The van der Waals surface area contributed by atoms with Gasteiger partial charge in [-0.2, -0.15) is 4.57 Å². The lowest BCUT2D eigenvalue weighted by molar-refractivity contribution is -0.689. The number of benzene rings is 2. The average Bonchev–Trinajstić information content (AvgIpc) is 2.83. The summed E-state index contributed by atoms with van der Waals surface area (Å²) in [5, 5.41) is 0. The third kappa shape index (κ3) is 2.97. The monoisotopic (exact) mass is 280 g/mol. The van der Waals surface area contributed by atoms with Gasteiger partial charge in [0.15, 0.2) is 12.2 Å². The Balaban J connectivity index is 1.79. The summed E-state index contributed by atoms with van der Waals surface area (Å²) in [5.41, 5.74) is 6.34. The third-order valence-corrected chi connectivity index (χ3v) is 4.64. The molecular weight excluding hydrogens is 262 g/mol. The number of hydrogen-bond acceptors (Lipinski definition) is 1. The Bertz CT molecular complexity index is 612. The molecule has 1 nitrogen and oxygen atoms in total. The molecule has 20 heavy (non-hydrogen) atoms. The zero-order valence-corrected chi connectivity index (χ0v) is 12.4. The van der Waals surface area contributed by atoms with Crippen LogP contribution in [0.4, 0.5) is 0 Å². The Morgan fingerprint density at radius 2 is 1.45 bits per heavy atom. The van der Waals surface area contributed by atoms with Crippen molar-refractivity contribution in [3.05, 3.63) is 87.9 Å². The minimum absolute atomic E-state index is 0.956. The van der Waals surface area contributed by atoms with Crippen LogP contribution in [0.25, 0.3) is 0 Å². The van der Waals surface area contributed by atoms with Gasteiger partial charge in [-0.1, -0.05) is 72.0 Å². The first-order chi connectivity index (χ1) is 9.83. The lowest BCUT2D eigenvalue weighted by Crippen LogP contribution is -2.34. The molecule has 0 bridgehead atoms. The predicted octanol–water partition coefficient (Wildman–Crippen LogP) is 3.98. The summed E-state index contributed by atoms with van der Waals surface area (Å²) in [4.78, 5) is 1.45. The molecule has 0 unspecified atom stereocenters. The van der Waals surface area contributed by atoms with Crippen molar-refractivity contribution < 1.29 is 4.57 Å². The second-order valence-corrected chi connectivity index (χ2v) is 5.95. The molecule has 1 heterocycles. The van der Waals surface area contributed by atoms with E-state index in [1.54, 1.807) is 0 Å². The molecule has 0 saturated carbocycles. The topological polar surface area (TPSA) is 3.88 Å². The van der Waals surface area contributed by atoms with Gasteiger partial charge in [-0.25, -0.2) is 0 Å². The lowest BCUT2D eigenvalue weighted by Gasteiger charge is -1.99. The fourth-order valence-corrected chi connectivity index (χ4v) is 3.36. The molecule has 0 aliphatic heterocycles. The molecule has 0 fully saturated rings. The fourth-order valence-electron chi connectivity index (χ4n) is 2.34. The van der Waals surface area contributed by atoms with Crippen LogP contribution >= 0.6 is 11.3 Å². The molecular formula is C18H18NS+. The molecule has 0 aliphatic carbocycles. The van der Waals surface area contributed by atoms with Crippen molar-refractivity contribution in [3.8, 4) is 0 Å². The molecule has 0 amide bonds. The highest BCUT2D eigenvalue weighted by atomic mass is 32.1. The summed E-state index contributed by atoms with van der Waals surface area (Å²) in [5.74, 6) is 0. The first-order valence-electron chi connectivity index (χ1n) is 6.87. The van der Waals surface area contributed by atoms with Crippen LogP contribution in [-0.2, 0) is 13.0 Å². The molecule has 3 rings (SSSR count). The Labute approximate surface area is 124 Å². The van der Waals surface area contributed by atoms with Gasteiger partial charge in [0, 0.05) is 18.9 Å². The van der Waals surface area contributed by atoms with E-state index in [0.717, 1.165) is 13.0 Å². The smallest absolute Gasteiger partial charge is 0.188 e. The van der Waals surface area contributed by atoms with Crippen molar-refractivity contribution >= 4 is 11.3 Å². The van der Waals surface area contributed by atoms with Gasteiger partial charge in [0.1, 0.15) is 0 Å². The van der Waals surface area contributed by atoms with Crippen LogP contribution in [0.15, 0.2) is 66.2 Å². The minimum Gasteiger partial charge on any atom is -0.188 e. The molecule has 0 spiro atoms. The highest BCUT2D eigenvalue weighted by molar-refractivity contribution is 7.09. The molecule has 0 radical (unpaired) electrons. The van der Waals surface area contributed by atoms with Gasteiger partial charge < -0.3 is 0 Å². The molecule has 0 N–H and O–H groups in total. The van der Waals surface area contributed by atoms with Gasteiger partial charge in [0.05, 0.1) is 4.88 Å². The largest absolute Gasteiger partial charge is 0.225 e. The van der Waals surface area contributed by atoms with E-state index in [1.807, 2.05) is 11.3 Å². The molecule has 1 aromatic heterocycles. The number of aromatic nitrogens is 1. The van der Waals surface area contributed by atoms with Gasteiger partial charge in [-0.05, 0) is 5.56 Å². The third-order valence-electron chi connectivity index (χ3n) is 3.56. The maximum atomic E-state index is 2.35. The highest BCUT2D eigenvalue weighted by Crippen LogP contribution is 2.16. The predicted molar refractivity (Wildman–Crippen MR) is 84.0 cm³/mol. The van der Waals surface area contributed by atoms with Crippen LogP contribution in [0, 0.1) is 6.92 Å². The maximum Gasteiger partial charge on any atom is 0.225 e. The van der Waals surface area contributed by atoms with Crippen molar-refractivity contribution in [1.82, 2.24) is 0 Å². The van der Waals surface area contributed by atoms with E-state index in [2.05, 4.69) is 77.7 Å². The van der Waals surface area contributed by atoms with Crippen LogP contribution < -0.4 is 4.57 Å². The normalized spacial score (nSPS) is 10.7.